The largest absolute Gasteiger partial charge is 0.481 e. The highest BCUT2D eigenvalue weighted by molar-refractivity contribution is 5.75. The van der Waals surface area contributed by atoms with Crippen molar-refractivity contribution >= 4 is 12.0 Å². The van der Waals surface area contributed by atoms with E-state index in [4.69, 9.17) is 5.11 Å². The van der Waals surface area contributed by atoms with Crippen molar-refractivity contribution in [2.75, 3.05) is 6.54 Å². The van der Waals surface area contributed by atoms with Gasteiger partial charge in [-0.3, -0.25) is 4.79 Å². The zero-order chi connectivity index (χ0) is 12.7. The van der Waals surface area contributed by atoms with Crippen LogP contribution in [0.3, 0.4) is 0 Å². The maximum atomic E-state index is 11.3. The molecule has 1 unspecified atom stereocenters. The van der Waals surface area contributed by atoms with Crippen LogP contribution in [0.15, 0.2) is 18.7 Å². The van der Waals surface area contributed by atoms with Crippen LogP contribution in [0.4, 0.5) is 4.79 Å². The van der Waals surface area contributed by atoms with Crippen molar-refractivity contribution in [3.63, 3.8) is 0 Å². The van der Waals surface area contributed by atoms with Gasteiger partial charge in [-0.2, -0.15) is 0 Å². The summed E-state index contributed by atoms with van der Waals surface area (Å²) in [7, 11) is 0. The minimum absolute atomic E-state index is 0.0611. The zero-order valence-electron chi connectivity index (χ0n) is 9.59. The number of aliphatic carboxylic acids is 1. The molecule has 0 aliphatic carbocycles. The molecule has 0 saturated heterocycles. The molecule has 0 bridgehead atoms. The van der Waals surface area contributed by atoms with E-state index in [-0.39, 0.29) is 25.0 Å². The molecule has 1 rings (SSSR count). The Hall–Kier alpha value is -2.05. The number of hydrogen-bond donors (Lipinski definition) is 3. The fraction of sp³-hybridized carbons (Fsp3) is 0.500. The number of imidazole rings is 1. The molecule has 1 aromatic rings. The number of carbonyl (C=O) groups is 2. The number of amides is 2. The molecule has 3 N–H and O–H groups in total. The Kier molecular flexibility index (Phi) is 4.99. The number of carbonyl (C=O) groups excluding carboxylic acids is 1. The van der Waals surface area contributed by atoms with E-state index >= 15 is 0 Å². The highest BCUT2D eigenvalue weighted by Gasteiger charge is 2.07. The van der Waals surface area contributed by atoms with Gasteiger partial charge in [-0.05, 0) is 6.92 Å². The molecule has 0 aliphatic heterocycles. The van der Waals surface area contributed by atoms with E-state index in [2.05, 4.69) is 15.6 Å². The van der Waals surface area contributed by atoms with Gasteiger partial charge in [-0.15, -0.1) is 0 Å². The summed E-state index contributed by atoms with van der Waals surface area (Å²) in [6, 6.07) is -0.423. The first-order valence-corrected chi connectivity index (χ1v) is 5.30. The summed E-state index contributed by atoms with van der Waals surface area (Å²) in [5, 5.41) is 13.6. The van der Waals surface area contributed by atoms with Gasteiger partial charge in [0.15, 0.2) is 0 Å². The third kappa shape index (κ3) is 5.55. The topological polar surface area (TPSA) is 96.3 Å². The summed E-state index contributed by atoms with van der Waals surface area (Å²) >= 11 is 0. The lowest BCUT2D eigenvalue weighted by Gasteiger charge is -2.14. The minimum Gasteiger partial charge on any atom is -0.481 e. The maximum absolute atomic E-state index is 11.3. The van der Waals surface area contributed by atoms with Crippen molar-refractivity contribution in [3.05, 3.63) is 18.7 Å². The average Bonchev–Trinajstić information content (AvgIpc) is 2.69. The Morgan fingerprint density at radius 1 is 1.53 bits per heavy atom. The smallest absolute Gasteiger partial charge is 0.315 e. The Balaban J connectivity index is 2.19. The number of rotatable bonds is 6. The Morgan fingerprint density at radius 3 is 2.88 bits per heavy atom. The lowest BCUT2D eigenvalue weighted by atomic mass is 10.3. The third-order valence-electron chi connectivity index (χ3n) is 2.05. The van der Waals surface area contributed by atoms with Crippen molar-refractivity contribution < 1.29 is 14.7 Å². The van der Waals surface area contributed by atoms with E-state index in [1.165, 1.54) is 0 Å². The first kappa shape index (κ1) is 13.0. The molecule has 94 valence electrons. The van der Waals surface area contributed by atoms with Gasteiger partial charge in [0.25, 0.3) is 0 Å². The standard InChI is InChI=1S/C10H16N4O3/c1-8(6-14-5-4-11-7-14)13-10(17)12-3-2-9(15)16/h4-5,7-8H,2-3,6H2,1H3,(H,15,16)(H2,12,13,17). The van der Waals surface area contributed by atoms with Crippen molar-refractivity contribution in [2.45, 2.75) is 25.9 Å². The molecule has 7 heteroatoms. The van der Waals surface area contributed by atoms with Crippen LogP contribution >= 0.6 is 0 Å². The van der Waals surface area contributed by atoms with Gasteiger partial charge in [0.1, 0.15) is 0 Å². The summed E-state index contributed by atoms with van der Waals surface area (Å²) in [6.45, 7) is 2.60. The summed E-state index contributed by atoms with van der Waals surface area (Å²) in [4.78, 5) is 25.4. The molecule has 1 aromatic heterocycles. The minimum atomic E-state index is -0.934. The molecule has 0 radical (unpaired) electrons. The second-order valence-electron chi connectivity index (χ2n) is 3.70. The monoisotopic (exact) mass is 240 g/mol. The second kappa shape index (κ2) is 6.51. The first-order chi connectivity index (χ1) is 8.08. The molecule has 2 amide bonds. The number of aromatic nitrogens is 2. The van der Waals surface area contributed by atoms with Crippen LogP contribution in [0, 0.1) is 0 Å². The summed E-state index contributed by atoms with van der Waals surface area (Å²) < 4.78 is 1.85. The molecule has 0 spiro atoms. The highest BCUT2D eigenvalue weighted by atomic mass is 16.4. The fourth-order valence-corrected chi connectivity index (χ4v) is 1.31. The van der Waals surface area contributed by atoms with Gasteiger partial charge in [0, 0.05) is 31.5 Å². The van der Waals surface area contributed by atoms with Crippen LogP contribution in [0.5, 0.6) is 0 Å². The molecule has 0 aliphatic rings. The predicted octanol–water partition coefficient (Wildman–Crippen LogP) is 0.0455. The van der Waals surface area contributed by atoms with Crippen LogP contribution < -0.4 is 10.6 Å². The van der Waals surface area contributed by atoms with E-state index in [1.807, 2.05) is 11.5 Å². The van der Waals surface area contributed by atoms with Crippen molar-refractivity contribution in [3.8, 4) is 0 Å². The van der Waals surface area contributed by atoms with E-state index in [0.29, 0.717) is 6.54 Å². The summed E-state index contributed by atoms with van der Waals surface area (Å²) in [5.41, 5.74) is 0. The van der Waals surface area contributed by atoms with Crippen LogP contribution in [-0.2, 0) is 11.3 Å². The molecule has 7 nitrogen and oxygen atoms in total. The van der Waals surface area contributed by atoms with E-state index < -0.39 is 5.97 Å². The Bertz CT molecular complexity index is 364. The molecule has 0 fully saturated rings. The van der Waals surface area contributed by atoms with Crippen LogP contribution in [0.2, 0.25) is 0 Å². The quantitative estimate of drug-likeness (QED) is 0.654. The van der Waals surface area contributed by atoms with E-state index in [1.54, 1.807) is 18.7 Å². The molecular weight excluding hydrogens is 224 g/mol. The molecule has 0 saturated carbocycles. The van der Waals surface area contributed by atoms with E-state index in [9.17, 15) is 9.59 Å². The number of nitrogens with zero attached hydrogens (tertiary/aromatic N) is 2. The zero-order valence-corrected chi connectivity index (χ0v) is 9.59. The van der Waals surface area contributed by atoms with Crippen LogP contribution in [0.25, 0.3) is 0 Å². The van der Waals surface area contributed by atoms with Gasteiger partial charge in [-0.25, -0.2) is 9.78 Å². The van der Waals surface area contributed by atoms with Crippen LogP contribution in [0.1, 0.15) is 13.3 Å². The number of nitrogens with one attached hydrogen (secondary N) is 2. The van der Waals surface area contributed by atoms with Gasteiger partial charge < -0.3 is 20.3 Å². The molecule has 0 aromatic carbocycles. The number of carboxylic acid groups (broad SMARTS) is 1. The third-order valence-corrected chi connectivity index (χ3v) is 2.05. The lowest BCUT2D eigenvalue weighted by molar-refractivity contribution is -0.136. The molecule has 17 heavy (non-hydrogen) atoms. The van der Waals surface area contributed by atoms with Crippen molar-refractivity contribution in [2.24, 2.45) is 0 Å². The summed E-state index contributed by atoms with van der Waals surface area (Å²) in [6.07, 6.45) is 5.06. The normalized spacial score (nSPS) is 11.8. The predicted molar refractivity (Wildman–Crippen MR) is 60.5 cm³/mol. The second-order valence-corrected chi connectivity index (χ2v) is 3.70. The Labute approximate surface area is 98.8 Å². The summed E-state index contributed by atoms with van der Waals surface area (Å²) in [5.74, 6) is -0.934. The van der Waals surface area contributed by atoms with Gasteiger partial charge >= 0.3 is 12.0 Å². The van der Waals surface area contributed by atoms with E-state index in [0.717, 1.165) is 0 Å². The highest BCUT2D eigenvalue weighted by Crippen LogP contribution is 1.91. The Morgan fingerprint density at radius 2 is 2.29 bits per heavy atom. The first-order valence-electron chi connectivity index (χ1n) is 5.30. The fourth-order valence-electron chi connectivity index (χ4n) is 1.31. The lowest BCUT2D eigenvalue weighted by Crippen LogP contribution is -2.43. The van der Waals surface area contributed by atoms with Crippen LogP contribution in [-0.4, -0.2) is 39.2 Å². The molecular formula is C10H16N4O3. The average molecular weight is 240 g/mol. The molecule has 1 heterocycles. The SMILES string of the molecule is CC(Cn1ccnc1)NC(=O)NCCC(=O)O. The van der Waals surface area contributed by atoms with Crippen molar-refractivity contribution in [1.29, 1.82) is 0 Å². The number of hydrogen-bond acceptors (Lipinski definition) is 3. The maximum Gasteiger partial charge on any atom is 0.315 e. The molecule has 1 atom stereocenters. The van der Waals surface area contributed by atoms with Gasteiger partial charge in [0.05, 0.1) is 12.7 Å². The number of carboxylic acids is 1. The van der Waals surface area contributed by atoms with Gasteiger partial charge in [-0.1, -0.05) is 0 Å². The number of urea groups is 1. The van der Waals surface area contributed by atoms with Gasteiger partial charge in [0.2, 0.25) is 0 Å². The van der Waals surface area contributed by atoms with Crippen molar-refractivity contribution in [1.82, 2.24) is 20.2 Å².